The highest BCUT2D eigenvalue weighted by atomic mass is 16.6. The van der Waals surface area contributed by atoms with Gasteiger partial charge < -0.3 is 14.8 Å². The first-order valence-electron chi connectivity index (χ1n) is 7.81. The minimum atomic E-state index is -0.679. The Morgan fingerprint density at radius 1 is 1.35 bits per heavy atom. The highest BCUT2D eigenvalue weighted by Crippen LogP contribution is 2.32. The second-order valence-electron chi connectivity index (χ2n) is 7.36. The van der Waals surface area contributed by atoms with E-state index in [4.69, 9.17) is 9.47 Å². The molecule has 23 heavy (non-hydrogen) atoms. The molecule has 6 nitrogen and oxygen atoms in total. The van der Waals surface area contributed by atoms with Gasteiger partial charge in [0.05, 0.1) is 18.3 Å². The van der Waals surface area contributed by atoms with Crippen molar-refractivity contribution < 1.29 is 14.3 Å². The van der Waals surface area contributed by atoms with Gasteiger partial charge in [0, 0.05) is 18.2 Å². The van der Waals surface area contributed by atoms with Gasteiger partial charge in [-0.25, -0.2) is 9.78 Å². The van der Waals surface area contributed by atoms with Crippen LogP contribution in [0.15, 0.2) is 18.5 Å². The van der Waals surface area contributed by atoms with E-state index >= 15 is 0 Å². The molecule has 0 aliphatic carbocycles. The molecule has 0 atom stereocenters. The molecule has 3 rings (SSSR count). The summed E-state index contributed by atoms with van der Waals surface area (Å²) in [4.78, 5) is 16.6. The van der Waals surface area contributed by atoms with Crippen LogP contribution in [0.1, 0.15) is 46.0 Å². The Balaban J connectivity index is 1.91. The standard InChI is InChI=1S/C17H23N3O3/c1-16(2,3)23-15(21)19-17(4,5)14-18-10-12-13-11(7-9-22-13)6-8-20(12)14/h6,8,10H,7,9H2,1-5H3,(H,19,21). The molecule has 0 fully saturated rings. The van der Waals surface area contributed by atoms with Gasteiger partial charge >= 0.3 is 6.09 Å². The summed E-state index contributed by atoms with van der Waals surface area (Å²) in [5, 5.41) is 2.89. The Morgan fingerprint density at radius 2 is 2.09 bits per heavy atom. The number of hydrogen-bond acceptors (Lipinski definition) is 4. The van der Waals surface area contributed by atoms with Crippen molar-refractivity contribution in [2.24, 2.45) is 0 Å². The first kappa shape index (κ1) is 15.6. The van der Waals surface area contributed by atoms with Crippen LogP contribution in [-0.2, 0) is 16.7 Å². The smallest absolute Gasteiger partial charge is 0.408 e. The maximum Gasteiger partial charge on any atom is 0.408 e. The fourth-order valence-corrected chi connectivity index (χ4v) is 2.79. The number of rotatable bonds is 2. The zero-order valence-electron chi connectivity index (χ0n) is 14.3. The maximum absolute atomic E-state index is 12.1. The van der Waals surface area contributed by atoms with E-state index in [1.807, 2.05) is 51.3 Å². The van der Waals surface area contributed by atoms with Crippen molar-refractivity contribution in [2.45, 2.75) is 52.2 Å². The number of aromatic nitrogens is 2. The zero-order valence-corrected chi connectivity index (χ0v) is 14.3. The number of pyridine rings is 1. The average Bonchev–Trinajstić information content (AvgIpc) is 3.01. The Hall–Kier alpha value is -2.24. The lowest BCUT2D eigenvalue weighted by Gasteiger charge is -2.27. The molecular formula is C17H23N3O3. The van der Waals surface area contributed by atoms with Crippen molar-refractivity contribution in [1.82, 2.24) is 14.7 Å². The fraction of sp³-hybridized carbons (Fsp3) is 0.529. The van der Waals surface area contributed by atoms with Crippen LogP contribution < -0.4 is 10.1 Å². The van der Waals surface area contributed by atoms with E-state index in [0.717, 1.165) is 23.5 Å². The summed E-state index contributed by atoms with van der Waals surface area (Å²) in [5.74, 6) is 1.62. The Morgan fingerprint density at radius 3 is 2.78 bits per heavy atom. The van der Waals surface area contributed by atoms with E-state index < -0.39 is 17.2 Å². The molecule has 0 saturated carbocycles. The molecular weight excluding hydrogens is 294 g/mol. The summed E-state index contributed by atoms with van der Waals surface area (Å²) >= 11 is 0. The highest BCUT2D eigenvalue weighted by Gasteiger charge is 2.31. The van der Waals surface area contributed by atoms with Gasteiger partial charge in [0.2, 0.25) is 0 Å². The number of nitrogens with zero attached hydrogens (tertiary/aromatic N) is 2. The van der Waals surface area contributed by atoms with Gasteiger partial charge in [0.1, 0.15) is 22.7 Å². The lowest BCUT2D eigenvalue weighted by Crippen LogP contribution is -2.44. The summed E-state index contributed by atoms with van der Waals surface area (Å²) in [5.41, 5.74) is 0.904. The van der Waals surface area contributed by atoms with Crippen molar-refractivity contribution in [3.05, 3.63) is 29.8 Å². The van der Waals surface area contributed by atoms with Crippen LogP contribution in [0.25, 0.3) is 5.52 Å². The lowest BCUT2D eigenvalue weighted by atomic mass is 10.1. The fourth-order valence-electron chi connectivity index (χ4n) is 2.79. The predicted molar refractivity (Wildman–Crippen MR) is 86.8 cm³/mol. The molecule has 0 radical (unpaired) electrons. The van der Waals surface area contributed by atoms with Gasteiger partial charge in [0.25, 0.3) is 0 Å². The van der Waals surface area contributed by atoms with Crippen molar-refractivity contribution in [3.63, 3.8) is 0 Å². The number of nitrogens with one attached hydrogen (secondary N) is 1. The second-order valence-corrected chi connectivity index (χ2v) is 7.36. The molecule has 0 spiro atoms. The maximum atomic E-state index is 12.1. The van der Waals surface area contributed by atoms with Gasteiger partial charge in [0.15, 0.2) is 0 Å². The van der Waals surface area contributed by atoms with Crippen LogP contribution in [0.2, 0.25) is 0 Å². The van der Waals surface area contributed by atoms with E-state index in [9.17, 15) is 4.79 Å². The summed E-state index contributed by atoms with van der Waals surface area (Å²) in [6.07, 6.45) is 4.23. The van der Waals surface area contributed by atoms with Crippen molar-refractivity contribution in [1.29, 1.82) is 0 Å². The molecule has 1 aliphatic rings. The van der Waals surface area contributed by atoms with Crippen LogP contribution in [-0.4, -0.2) is 27.7 Å². The van der Waals surface area contributed by atoms with Gasteiger partial charge in [-0.3, -0.25) is 4.40 Å². The Labute approximate surface area is 135 Å². The second kappa shape index (κ2) is 5.15. The van der Waals surface area contributed by atoms with Crippen molar-refractivity contribution in [3.8, 4) is 5.75 Å². The minimum Gasteiger partial charge on any atom is -0.491 e. The molecule has 0 saturated heterocycles. The summed E-state index contributed by atoms with van der Waals surface area (Å²) in [6, 6.07) is 2.05. The highest BCUT2D eigenvalue weighted by molar-refractivity contribution is 5.69. The minimum absolute atomic E-state index is 0.461. The quantitative estimate of drug-likeness (QED) is 0.924. The van der Waals surface area contributed by atoms with Gasteiger partial charge in [-0.05, 0) is 40.7 Å². The van der Waals surface area contributed by atoms with E-state index in [0.29, 0.717) is 6.61 Å². The Bertz CT molecular complexity index is 756. The Kier molecular flexibility index (Phi) is 3.50. The van der Waals surface area contributed by atoms with Crippen molar-refractivity contribution in [2.75, 3.05) is 6.61 Å². The number of ether oxygens (including phenoxy) is 2. The predicted octanol–water partition coefficient (Wildman–Crippen LogP) is 3.03. The van der Waals surface area contributed by atoms with Crippen molar-refractivity contribution >= 4 is 11.6 Å². The molecule has 0 unspecified atom stereocenters. The normalized spacial score (nSPS) is 14.5. The van der Waals surface area contributed by atoms with Crippen LogP contribution in [0.3, 0.4) is 0 Å². The number of carbonyl (C=O) groups is 1. The van der Waals surface area contributed by atoms with E-state index in [1.54, 1.807) is 6.20 Å². The third kappa shape index (κ3) is 2.98. The van der Waals surface area contributed by atoms with Gasteiger partial charge in [-0.1, -0.05) is 0 Å². The number of carbonyl (C=O) groups excluding carboxylic acids is 1. The summed E-state index contributed by atoms with van der Waals surface area (Å²) in [6.45, 7) is 10.0. The largest absolute Gasteiger partial charge is 0.491 e. The molecule has 1 aliphatic heterocycles. The van der Waals surface area contributed by atoms with E-state index in [2.05, 4.69) is 10.3 Å². The molecule has 1 N–H and O–H groups in total. The lowest BCUT2D eigenvalue weighted by molar-refractivity contribution is 0.0466. The number of hydrogen-bond donors (Lipinski definition) is 1. The molecule has 124 valence electrons. The number of fused-ring (bicyclic) bond motifs is 3. The zero-order chi connectivity index (χ0) is 16.8. The molecule has 6 heteroatoms. The summed E-state index contributed by atoms with van der Waals surface area (Å²) < 4.78 is 13.0. The van der Waals surface area contributed by atoms with Gasteiger partial charge in [-0.2, -0.15) is 0 Å². The molecule has 2 aromatic rings. The van der Waals surface area contributed by atoms with Crippen LogP contribution in [0.4, 0.5) is 4.79 Å². The van der Waals surface area contributed by atoms with Crippen LogP contribution in [0.5, 0.6) is 5.75 Å². The number of amides is 1. The monoisotopic (exact) mass is 317 g/mol. The molecule has 1 amide bonds. The average molecular weight is 317 g/mol. The van der Waals surface area contributed by atoms with E-state index in [1.165, 1.54) is 5.56 Å². The topological polar surface area (TPSA) is 64.9 Å². The SMILES string of the molecule is CC(C)(C)OC(=O)NC(C)(C)c1ncc2c3c(ccn12)CCO3. The number of alkyl carbamates (subject to hydrolysis) is 1. The van der Waals surface area contributed by atoms with Crippen LogP contribution >= 0.6 is 0 Å². The third-order valence-electron chi connectivity index (χ3n) is 3.74. The summed E-state index contributed by atoms with van der Waals surface area (Å²) in [7, 11) is 0. The van der Waals surface area contributed by atoms with E-state index in [-0.39, 0.29) is 0 Å². The third-order valence-corrected chi connectivity index (χ3v) is 3.74. The molecule has 0 bridgehead atoms. The van der Waals surface area contributed by atoms with Gasteiger partial charge in [-0.15, -0.1) is 0 Å². The number of imidazole rings is 1. The van der Waals surface area contributed by atoms with Crippen LogP contribution in [0, 0.1) is 0 Å². The molecule has 2 aromatic heterocycles. The molecule has 0 aromatic carbocycles. The first-order chi connectivity index (χ1) is 10.7. The first-order valence-corrected chi connectivity index (χ1v) is 7.81. The molecule has 3 heterocycles.